The number of amides is 3. The number of nitrogens with one attached hydrogen (secondary N) is 4. The number of aliphatic hydroxyl groups excluding tert-OH is 1. The molecule has 186 valence electrons. The number of imidazole rings is 1. The number of aromatic nitrogens is 2. The molecule has 12 nitrogen and oxygen atoms in total. The number of nitrogens with zero attached hydrogens (tertiary/aromatic N) is 1. The molecular weight excluding hydrogens is 452 g/mol. The van der Waals surface area contributed by atoms with Gasteiger partial charge in [0.05, 0.1) is 18.5 Å². The summed E-state index contributed by atoms with van der Waals surface area (Å²) >= 11 is 1.45. The number of hydrogen-bond acceptors (Lipinski definition) is 8. The molecule has 1 aromatic rings. The summed E-state index contributed by atoms with van der Waals surface area (Å²) in [4.78, 5) is 56.1. The van der Waals surface area contributed by atoms with E-state index in [-0.39, 0.29) is 12.8 Å². The first-order valence-electron chi connectivity index (χ1n) is 10.5. The van der Waals surface area contributed by atoms with Crippen molar-refractivity contribution in [3.63, 3.8) is 0 Å². The summed E-state index contributed by atoms with van der Waals surface area (Å²) in [6.45, 7) is 4.68. The van der Waals surface area contributed by atoms with E-state index in [1.54, 1.807) is 13.8 Å². The van der Waals surface area contributed by atoms with Crippen LogP contribution in [-0.4, -0.2) is 86.2 Å². The number of carboxylic acid groups (broad SMARTS) is 1. The smallest absolute Gasteiger partial charge is 0.326 e. The fraction of sp³-hybridized carbons (Fsp3) is 0.650. The summed E-state index contributed by atoms with van der Waals surface area (Å²) in [6, 6.07) is -4.55. The number of H-pyrrole nitrogens is 1. The predicted molar refractivity (Wildman–Crippen MR) is 123 cm³/mol. The highest BCUT2D eigenvalue weighted by Crippen LogP contribution is 2.07. The number of carbonyl (C=O) groups excluding carboxylic acids is 3. The van der Waals surface area contributed by atoms with Crippen LogP contribution in [0.4, 0.5) is 0 Å². The van der Waals surface area contributed by atoms with E-state index in [1.165, 1.54) is 31.2 Å². The summed E-state index contributed by atoms with van der Waals surface area (Å²) in [5, 5.41) is 26.8. The number of nitrogens with two attached hydrogens (primary N) is 1. The molecule has 0 saturated carbocycles. The molecule has 0 aliphatic carbocycles. The van der Waals surface area contributed by atoms with E-state index < -0.39 is 59.9 Å². The Morgan fingerprint density at radius 1 is 1.09 bits per heavy atom. The highest BCUT2D eigenvalue weighted by atomic mass is 32.2. The van der Waals surface area contributed by atoms with Crippen LogP contribution in [0.25, 0.3) is 0 Å². The zero-order chi connectivity index (χ0) is 25.1. The molecule has 0 aromatic carbocycles. The zero-order valence-corrected chi connectivity index (χ0v) is 20.0. The third-order valence-corrected chi connectivity index (χ3v) is 5.51. The van der Waals surface area contributed by atoms with Crippen LogP contribution in [0.1, 0.15) is 32.9 Å². The molecule has 5 unspecified atom stereocenters. The lowest BCUT2D eigenvalue weighted by Crippen LogP contribution is -2.61. The van der Waals surface area contributed by atoms with Crippen LogP contribution < -0.4 is 21.7 Å². The second kappa shape index (κ2) is 13.8. The second-order valence-electron chi connectivity index (χ2n) is 8.03. The van der Waals surface area contributed by atoms with Gasteiger partial charge in [-0.25, -0.2) is 9.78 Å². The molecule has 3 amide bonds. The number of carbonyl (C=O) groups is 4. The van der Waals surface area contributed by atoms with Crippen LogP contribution in [0, 0.1) is 5.92 Å². The van der Waals surface area contributed by atoms with Crippen molar-refractivity contribution in [3.05, 3.63) is 18.2 Å². The largest absolute Gasteiger partial charge is 0.480 e. The normalized spacial score (nSPS) is 15.7. The van der Waals surface area contributed by atoms with Crippen molar-refractivity contribution in [2.75, 3.05) is 12.0 Å². The minimum absolute atomic E-state index is 0.142. The number of hydrogen-bond donors (Lipinski definition) is 7. The first-order valence-corrected chi connectivity index (χ1v) is 11.9. The summed E-state index contributed by atoms with van der Waals surface area (Å²) < 4.78 is 0. The van der Waals surface area contributed by atoms with Crippen molar-refractivity contribution >= 4 is 35.5 Å². The number of aliphatic carboxylic acids is 1. The van der Waals surface area contributed by atoms with Crippen LogP contribution in [0.5, 0.6) is 0 Å². The SMILES string of the molecule is CSCCC(NC(=O)C(NC(=O)C(NC(=O)C(N)Cc1cnc[nH]1)C(C)O)C(C)C)C(=O)O. The first-order chi connectivity index (χ1) is 15.5. The van der Waals surface area contributed by atoms with Gasteiger partial charge in [0, 0.05) is 18.3 Å². The van der Waals surface area contributed by atoms with Gasteiger partial charge in [-0.2, -0.15) is 11.8 Å². The quantitative estimate of drug-likeness (QED) is 0.165. The Morgan fingerprint density at radius 3 is 2.18 bits per heavy atom. The molecule has 1 rings (SSSR count). The van der Waals surface area contributed by atoms with Crippen LogP contribution >= 0.6 is 11.8 Å². The van der Waals surface area contributed by atoms with Crippen molar-refractivity contribution in [2.45, 2.75) is 63.9 Å². The Labute approximate surface area is 196 Å². The van der Waals surface area contributed by atoms with Gasteiger partial charge in [-0.05, 0) is 31.3 Å². The van der Waals surface area contributed by atoms with Gasteiger partial charge in [0.25, 0.3) is 0 Å². The Balaban J connectivity index is 2.84. The lowest BCUT2D eigenvalue weighted by Gasteiger charge is -2.28. The van der Waals surface area contributed by atoms with Crippen molar-refractivity contribution in [1.29, 1.82) is 0 Å². The zero-order valence-electron chi connectivity index (χ0n) is 19.2. The van der Waals surface area contributed by atoms with Gasteiger partial charge in [-0.1, -0.05) is 13.8 Å². The van der Waals surface area contributed by atoms with Gasteiger partial charge < -0.3 is 36.9 Å². The molecule has 13 heteroatoms. The van der Waals surface area contributed by atoms with Crippen LogP contribution in [0.3, 0.4) is 0 Å². The fourth-order valence-corrected chi connectivity index (χ4v) is 3.40. The first kappa shape index (κ1) is 28.4. The van der Waals surface area contributed by atoms with Crippen molar-refractivity contribution in [1.82, 2.24) is 25.9 Å². The molecule has 0 aliphatic heterocycles. The van der Waals surface area contributed by atoms with Gasteiger partial charge >= 0.3 is 5.97 Å². The Hall–Kier alpha value is -2.64. The standard InChI is InChI=1S/C20H34N6O6S/c1-10(2)15(18(29)24-14(20(31)32)5-6-33-4)25-19(30)16(11(3)27)26-17(28)13(21)7-12-8-22-9-23-12/h8-11,13-16,27H,5-7,21H2,1-4H3,(H,22,23)(H,24,29)(H,25,30)(H,26,28)(H,31,32). The molecule has 8 N–H and O–H groups in total. The molecular formula is C20H34N6O6S. The Morgan fingerprint density at radius 2 is 1.70 bits per heavy atom. The average Bonchev–Trinajstić information content (AvgIpc) is 3.24. The van der Waals surface area contributed by atoms with E-state index in [9.17, 15) is 29.4 Å². The minimum Gasteiger partial charge on any atom is -0.480 e. The highest BCUT2D eigenvalue weighted by Gasteiger charge is 2.33. The lowest BCUT2D eigenvalue weighted by atomic mass is 10.0. The molecule has 0 radical (unpaired) electrons. The van der Waals surface area contributed by atoms with Gasteiger partial charge in [0.15, 0.2) is 0 Å². The van der Waals surface area contributed by atoms with Crippen molar-refractivity contribution in [3.8, 4) is 0 Å². The maximum Gasteiger partial charge on any atom is 0.326 e. The number of aromatic amines is 1. The van der Waals surface area contributed by atoms with Gasteiger partial charge in [-0.3, -0.25) is 14.4 Å². The molecule has 0 fully saturated rings. The maximum absolute atomic E-state index is 12.8. The molecule has 33 heavy (non-hydrogen) atoms. The van der Waals surface area contributed by atoms with Crippen LogP contribution in [0.2, 0.25) is 0 Å². The van der Waals surface area contributed by atoms with E-state index in [1.807, 2.05) is 6.26 Å². The van der Waals surface area contributed by atoms with Crippen molar-refractivity contribution in [2.24, 2.45) is 11.7 Å². The molecule has 1 heterocycles. The Bertz CT molecular complexity index is 788. The van der Waals surface area contributed by atoms with Gasteiger partial charge in [0.2, 0.25) is 17.7 Å². The number of rotatable bonds is 14. The van der Waals surface area contributed by atoms with Crippen LogP contribution in [0.15, 0.2) is 12.5 Å². The van der Waals surface area contributed by atoms with E-state index in [4.69, 9.17) is 5.73 Å². The predicted octanol–water partition coefficient (Wildman–Crippen LogP) is -1.39. The summed E-state index contributed by atoms with van der Waals surface area (Å²) in [6.07, 6.45) is 3.87. The highest BCUT2D eigenvalue weighted by molar-refractivity contribution is 7.98. The summed E-state index contributed by atoms with van der Waals surface area (Å²) in [5.74, 6) is -3.16. The van der Waals surface area contributed by atoms with E-state index in [2.05, 4.69) is 25.9 Å². The lowest BCUT2D eigenvalue weighted by molar-refractivity contribution is -0.142. The molecule has 0 bridgehead atoms. The van der Waals surface area contributed by atoms with Gasteiger partial charge in [0.1, 0.15) is 18.1 Å². The fourth-order valence-electron chi connectivity index (χ4n) is 2.92. The molecule has 1 aromatic heterocycles. The Kier molecular flexibility index (Phi) is 11.9. The molecule has 0 saturated heterocycles. The van der Waals surface area contributed by atoms with Gasteiger partial charge in [-0.15, -0.1) is 0 Å². The average molecular weight is 487 g/mol. The van der Waals surface area contributed by atoms with E-state index in [0.717, 1.165) is 0 Å². The van der Waals surface area contributed by atoms with Crippen LogP contribution in [-0.2, 0) is 25.6 Å². The van der Waals surface area contributed by atoms with E-state index in [0.29, 0.717) is 11.4 Å². The minimum atomic E-state index is -1.37. The molecule has 0 aliphatic rings. The topological polar surface area (TPSA) is 200 Å². The number of thioether (sulfide) groups is 1. The number of aliphatic hydroxyl groups is 1. The van der Waals surface area contributed by atoms with Crippen molar-refractivity contribution < 1.29 is 29.4 Å². The maximum atomic E-state index is 12.8. The monoisotopic (exact) mass is 486 g/mol. The molecule has 5 atom stereocenters. The molecule has 0 spiro atoms. The third-order valence-electron chi connectivity index (χ3n) is 4.87. The second-order valence-corrected chi connectivity index (χ2v) is 9.01. The van der Waals surface area contributed by atoms with E-state index >= 15 is 0 Å². The number of carboxylic acids is 1. The summed E-state index contributed by atoms with van der Waals surface area (Å²) in [7, 11) is 0. The summed E-state index contributed by atoms with van der Waals surface area (Å²) in [5.41, 5.74) is 6.51. The third kappa shape index (κ3) is 9.40.